The smallest absolute Gasteiger partial charge is 0.504 e. The maximum Gasteiger partial charge on any atom is 0.584 e. The van der Waals surface area contributed by atoms with E-state index in [1.807, 2.05) is 39.8 Å². The van der Waals surface area contributed by atoms with E-state index in [1.54, 1.807) is 36.4 Å². The van der Waals surface area contributed by atoms with Gasteiger partial charge in [0.1, 0.15) is 11.5 Å². The lowest BCUT2D eigenvalue weighted by molar-refractivity contribution is 0.289. The molecule has 0 aromatic heterocycles. The summed E-state index contributed by atoms with van der Waals surface area (Å²) in [6, 6.07) is 16.8. The molecule has 7 heteroatoms. The number of rotatable bonds is 4. The van der Waals surface area contributed by atoms with Gasteiger partial charge in [-0.1, -0.05) is 36.4 Å². The van der Waals surface area contributed by atoms with E-state index in [2.05, 4.69) is 0 Å². The molecule has 3 aromatic rings. The topological polar surface area (TPSA) is 96.2 Å². The first-order chi connectivity index (χ1) is 13.6. The summed E-state index contributed by atoms with van der Waals surface area (Å²) in [6.07, 6.45) is 0. The zero-order valence-electron chi connectivity index (χ0n) is 16.8. The van der Waals surface area contributed by atoms with Crippen molar-refractivity contribution in [2.24, 2.45) is 0 Å². The highest BCUT2D eigenvalue weighted by molar-refractivity contribution is 7.48. The molecule has 6 nitrogen and oxygen atoms in total. The van der Waals surface area contributed by atoms with E-state index >= 15 is 0 Å². The average molecular weight is 416 g/mol. The molecule has 0 fully saturated rings. The summed E-state index contributed by atoms with van der Waals surface area (Å²) in [6.45, 7) is 7.50. The van der Waals surface area contributed by atoms with Crippen LogP contribution in [0.2, 0.25) is 0 Å². The summed E-state index contributed by atoms with van der Waals surface area (Å²) in [4.78, 5) is 9.96. The Labute approximate surface area is 170 Å². The molecule has 0 saturated carbocycles. The highest BCUT2D eigenvalue weighted by Gasteiger charge is 2.27. The van der Waals surface area contributed by atoms with E-state index in [-0.39, 0.29) is 11.5 Å². The van der Waals surface area contributed by atoms with Crippen molar-refractivity contribution in [1.82, 2.24) is 0 Å². The van der Waals surface area contributed by atoms with Crippen molar-refractivity contribution >= 4 is 7.82 Å². The molecule has 0 aliphatic rings. The van der Waals surface area contributed by atoms with Gasteiger partial charge in [-0.25, -0.2) is 4.57 Å². The summed E-state index contributed by atoms with van der Waals surface area (Å²) in [5.41, 5.74) is 3.60. The lowest BCUT2D eigenvalue weighted by Crippen LogP contribution is -2.02. The second-order valence-corrected chi connectivity index (χ2v) is 7.84. The van der Waals surface area contributed by atoms with E-state index in [0.29, 0.717) is 11.5 Å². The third-order valence-corrected chi connectivity index (χ3v) is 5.27. The number of phosphoric acid groups is 1. The van der Waals surface area contributed by atoms with Gasteiger partial charge < -0.3 is 19.3 Å². The monoisotopic (exact) mass is 416 g/mol. The second-order valence-electron chi connectivity index (χ2n) is 6.54. The number of hydrogen-bond acceptors (Lipinski definition) is 5. The Kier molecular flexibility index (Phi) is 7.32. The fraction of sp³-hybridized carbons (Fsp3) is 0.182. The number of aryl methyl sites for hydroxylation is 2. The second kappa shape index (κ2) is 9.50. The standard InChI is InChI=1S/C16H19O4P.C6H6O2/c1-11-7-5-9-15(13(11)3)19-21(17,18)20-16-10-6-8-12(2)14(16)4;7-5-3-1-2-4-6(5)8/h5-10H,1-4H3,(H,17,18);1-4,7-8H. The van der Waals surface area contributed by atoms with Gasteiger partial charge in [0, 0.05) is 0 Å². The van der Waals surface area contributed by atoms with Crippen LogP contribution in [0.25, 0.3) is 0 Å². The molecule has 0 saturated heterocycles. The molecule has 0 atom stereocenters. The predicted molar refractivity (Wildman–Crippen MR) is 113 cm³/mol. The molecule has 3 aromatic carbocycles. The number of hydrogen-bond donors (Lipinski definition) is 3. The molecular formula is C22H25O6P. The zero-order valence-corrected chi connectivity index (χ0v) is 17.7. The summed E-state index contributed by atoms with van der Waals surface area (Å²) >= 11 is 0. The lowest BCUT2D eigenvalue weighted by atomic mass is 10.1. The minimum absolute atomic E-state index is 0.0764. The Balaban J connectivity index is 0.000000313. The van der Waals surface area contributed by atoms with Crippen LogP contribution in [0, 0.1) is 27.7 Å². The molecule has 0 radical (unpaired) electrons. The average Bonchev–Trinajstić information content (AvgIpc) is 2.65. The highest BCUT2D eigenvalue weighted by atomic mass is 31.2. The zero-order chi connectivity index (χ0) is 21.6. The molecule has 0 bridgehead atoms. The maximum absolute atomic E-state index is 12.2. The van der Waals surface area contributed by atoms with Crippen molar-refractivity contribution in [3.8, 4) is 23.0 Å². The van der Waals surface area contributed by atoms with Crippen LogP contribution < -0.4 is 9.05 Å². The van der Waals surface area contributed by atoms with Gasteiger partial charge in [-0.15, -0.1) is 0 Å². The first-order valence-corrected chi connectivity index (χ1v) is 10.4. The highest BCUT2D eigenvalue weighted by Crippen LogP contribution is 2.46. The van der Waals surface area contributed by atoms with E-state index in [9.17, 15) is 9.46 Å². The fourth-order valence-corrected chi connectivity index (χ4v) is 3.31. The van der Waals surface area contributed by atoms with Gasteiger partial charge >= 0.3 is 7.82 Å². The summed E-state index contributed by atoms with van der Waals surface area (Å²) < 4.78 is 22.6. The number of phenols is 2. The minimum Gasteiger partial charge on any atom is -0.504 e. The Bertz CT molecular complexity index is 953. The molecule has 0 aliphatic carbocycles. The van der Waals surface area contributed by atoms with E-state index < -0.39 is 7.82 Å². The molecule has 3 N–H and O–H groups in total. The molecule has 0 aliphatic heterocycles. The maximum atomic E-state index is 12.2. The SMILES string of the molecule is Cc1cccc(OP(=O)(O)Oc2cccc(C)c2C)c1C.Oc1ccccc1O. The van der Waals surface area contributed by atoms with Crippen molar-refractivity contribution in [1.29, 1.82) is 0 Å². The van der Waals surface area contributed by atoms with Crippen LogP contribution in [0.15, 0.2) is 60.7 Å². The number of phenolic OH excluding ortho intramolecular Hbond substituents is 2. The van der Waals surface area contributed by atoms with E-state index in [0.717, 1.165) is 22.3 Å². The van der Waals surface area contributed by atoms with Crippen LogP contribution in [0.1, 0.15) is 22.3 Å². The van der Waals surface area contributed by atoms with Gasteiger partial charge in [-0.3, -0.25) is 4.89 Å². The van der Waals surface area contributed by atoms with Crippen molar-refractivity contribution < 1.29 is 28.7 Å². The molecule has 0 amide bonds. The molecule has 3 rings (SSSR count). The van der Waals surface area contributed by atoms with E-state index in [4.69, 9.17) is 19.3 Å². The van der Waals surface area contributed by atoms with Gasteiger partial charge in [0.05, 0.1) is 0 Å². The lowest BCUT2D eigenvalue weighted by Gasteiger charge is -2.17. The van der Waals surface area contributed by atoms with Gasteiger partial charge in [0.2, 0.25) is 0 Å². The van der Waals surface area contributed by atoms with Gasteiger partial charge in [-0.05, 0) is 74.2 Å². The molecule has 0 spiro atoms. The summed E-state index contributed by atoms with van der Waals surface area (Å²) in [7, 11) is -4.23. The van der Waals surface area contributed by atoms with Crippen molar-refractivity contribution in [2.45, 2.75) is 27.7 Å². The number of aromatic hydroxyl groups is 2. The van der Waals surface area contributed by atoms with Crippen LogP contribution >= 0.6 is 7.82 Å². The summed E-state index contributed by atoms with van der Waals surface area (Å²) in [5.74, 6) is 0.553. The van der Waals surface area contributed by atoms with E-state index in [1.165, 1.54) is 12.1 Å². The van der Waals surface area contributed by atoms with Gasteiger partial charge in [-0.2, -0.15) is 0 Å². The van der Waals surface area contributed by atoms with Crippen LogP contribution in [0.4, 0.5) is 0 Å². The normalized spacial score (nSPS) is 10.7. The van der Waals surface area contributed by atoms with Crippen LogP contribution in [-0.2, 0) is 4.57 Å². The molecule has 0 heterocycles. The largest absolute Gasteiger partial charge is 0.584 e. The Morgan fingerprint density at radius 2 is 1.03 bits per heavy atom. The first-order valence-electron chi connectivity index (χ1n) is 8.92. The van der Waals surface area contributed by atoms with Gasteiger partial charge in [0.25, 0.3) is 0 Å². The van der Waals surface area contributed by atoms with Crippen molar-refractivity contribution in [3.05, 3.63) is 82.9 Å². The third-order valence-electron chi connectivity index (χ3n) is 4.42. The van der Waals surface area contributed by atoms with Crippen LogP contribution in [0.5, 0.6) is 23.0 Å². The number of phosphoric ester groups is 1. The number of benzene rings is 3. The molecule has 29 heavy (non-hydrogen) atoms. The Morgan fingerprint density at radius 1 is 0.655 bits per heavy atom. The fourth-order valence-electron chi connectivity index (χ4n) is 2.38. The minimum atomic E-state index is -4.23. The van der Waals surface area contributed by atoms with Crippen molar-refractivity contribution in [3.63, 3.8) is 0 Å². The number of para-hydroxylation sites is 2. The Hall–Kier alpha value is -2.95. The summed E-state index contributed by atoms with van der Waals surface area (Å²) in [5, 5.41) is 17.3. The molecular weight excluding hydrogens is 391 g/mol. The van der Waals surface area contributed by atoms with Crippen molar-refractivity contribution in [2.75, 3.05) is 0 Å². The predicted octanol–water partition coefficient (Wildman–Crippen LogP) is 5.58. The molecule has 0 unspecified atom stereocenters. The Morgan fingerprint density at radius 3 is 1.38 bits per heavy atom. The quantitative estimate of drug-likeness (QED) is 0.380. The third kappa shape index (κ3) is 6.28. The van der Waals surface area contributed by atoms with Crippen LogP contribution in [0.3, 0.4) is 0 Å². The van der Waals surface area contributed by atoms with Gasteiger partial charge in [0.15, 0.2) is 11.5 Å². The molecule has 154 valence electrons. The van der Waals surface area contributed by atoms with Crippen LogP contribution in [-0.4, -0.2) is 15.1 Å². The first kappa shape index (κ1) is 22.3.